The number of hydrogen-bond acceptors (Lipinski definition) is 5. The highest BCUT2D eigenvalue weighted by Crippen LogP contribution is 2.31. The number of hydrogen-bond donors (Lipinski definition) is 0. The van der Waals surface area contributed by atoms with Crippen LogP contribution in [0.2, 0.25) is 5.02 Å². The van der Waals surface area contributed by atoms with Gasteiger partial charge in [0.25, 0.3) is 0 Å². The first kappa shape index (κ1) is 18.5. The van der Waals surface area contributed by atoms with Gasteiger partial charge in [0.2, 0.25) is 0 Å². The molecule has 0 aliphatic heterocycles. The molecule has 0 saturated heterocycles. The molecular weight excluding hydrogens is 392 g/mol. The molecule has 0 fully saturated rings. The molecule has 0 saturated carbocycles. The molecule has 0 radical (unpaired) electrons. The Balaban J connectivity index is 1.73. The Kier molecular flexibility index (Phi) is 5.60. The van der Waals surface area contributed by atoms with Crippen LogP contribution in [0.3, 0.4) is 0 Å². The molecule has 0 unspecified atom stereocenters. The molecule has 2 aromatic heterocycles. The van der Waals surface area contributed by atoms with E-state index in [1.165, 1.54) is 0 Å². The summed E-state index contributed by atoms with van der Waals surface area (Å²) in [5.74, 6) is 2.26. The number of aromatic nitrogens is 4. The molecule has 5 nitrogen and oxygen atoms in total. The number of rotatable bonds is 6. The summed E-state index contributed by atoms with van der Waals surface area (Å²) in [7, 11) is 1.65. The lowest BCUT2D eigenvalue weighted by atomic mass is 10.2. The van der Waals surface area contributed by atoms with E-state index in [1.54, 1.807) is 31.3 Å². The lowest BCUT2D eigenvalue weighted by Gasteiger charge is -2.11. The van der Waals surface area contributed by atoms with Crippen molar-refractivity contribution in [1.29, 1.82) is 0 Å². The molecule has 0 aliphatic rings. The molecular formula is C21H17ClN4OS. The van der Waals surface area contributed by atoms with E-state index in [9.17, 15) is 0 Å². The number of halogens is 1. The topological polar surface area (TPSA) is 52.8 Å². The van der Waals surface area contributed by atoms with Gasteiger partial charge in [0, 0.05) is 34.4 Å². The molecule has 7 heteroatoms. The normalized spacial score (nSPS) is 10.8. The maximum Gasteiger partial charge on any atom is 0.196 e. The Bertz CT molecular complexity index is 1070. The fraction of sp³-hybridized carbons (Fsp3) is 0.0952. The number of pyridine rings is 1. The Morgan fingerprint density at radius 3 is 2.43 bits per heavy atom. The van der Waals surface area contributed by atoms with Crippen LogP contribution in [0.4, 0.5) is 0 Å². The summed E-state index contributed by atoms with van der Waals surface area (Å²) in [6.07, 6.45) is 3.50. The molecule has 0 atom stereocenters. The van der Waals surface area contributed by atoms with Gasteiger partial charge >= 0.3 is 0 Å². The summed E-state index contributed by atoms with van der Waals surface area (Å²) in [4.78, 5) is 4.09. The van der Waals surface area contributed by atoms with Crippen molar-refractivity contribution in [3.05, 3.63) is 83.6 Å². The van der Waals surface area contributed by atoms with E-state index in [4.69, 9.17) is 16.3 Å². The minimum Gasteiger partial charge on any atom is -0.497 e. The predicted octanol–water partition coefficient (Wildman–Crippen LogP) is 5.28. The minimum atomic E-state index is 0.699. The van der Waals surface area contributed by atoms with Crippen LogP contribution in [0.5, 0.6) is 5.75 Å². The van der Waals surface area contributed by atoms with Gasteiger partial charge in [-0.25, -0.2) is 0 Å². The maximum absolute atomic E-state index is 6.30. The summed E-state index contributed by atoms with van der Waals surface area (Å²) in [6, 6.07) is 19.5. The van der Waals surface area contributed by atoms with Crippen molar-refractivity contribution >= 4 is 23.4 Å². The zero-order valence-electron chi connectivity index (χ0n) is 15.1. The van der Waals surface area contributed by atoms with Gasteiger partial charge in [-0.15, -0.1) is 10.2 Å². The third-order valence-electron chi connectivity index (χ3n) is 4.22. The highest BCUT2D eigenvalue weighted by molar-refractivity contribution is 7.98. The molecule has 2 aromatic carbocycles. The first-order valence-electron chi connectivity index (χ1n) is 8.62. The van der Waals surface area contributed by atoms with Gasteiger partial charge in [-0.1, -0.05) is 41.6 Å². The van der Waals surface area contributed by atoms with E-state index in [0.29, 0.717) is 5.75 Å². The van der Waals surface area contributed by atoms with Crippen LogP contribution < -0.4 is 4.74 Å². The quantitative estimate of drug-likeness (QED) is 0.406. The number of methoxy groups -OCH3 is 1. The predicted molar refractivity (Wildman–Crippen MR) is 112 cm³/mol. The number of ether oxygens (including phenoxy) is 1. The second kappa shape index (κ2) is 8.46. The lowest BCUT2D eigenvalue weighted by molar-refractivity contribution is 0.414. The Hall–Kier alpha value is -2.83. The van der Waals surface area contributed by atoms with Gasteiger partial charge in [0.05, 0.1) is 7.11 Å². The van der Waals surface area contributed by atoms with Crippen molar-refractivity contribution in [3.63, 3.8) is 0 Å². The lowest BCUT2D eigenvalue weighted by Crippen LogP contribution is -2.00. The second-order valence-electron chi connectivity index (χ2n) is 5.96. The first-order valence-corrected chi connectivity index (χ1v) is 9.99. The third-order valence-corrected chi connectivity index (χ3v) is 5.56. The SMILES string of the molecule is COc1ccc(-n2c(SCc3ccccc3Cl)nnc2-c2ccncc2)cc1. The smallest absolute Gasteiger partial charge is 0.196 e. The van der Waals surface area contributed by atoms with E-state index >= 15 is 0 Å². The highest BCUT2D eigenvalue weighted by atomic mass is 35.5. The largest absolute Gasteiger partial charge is 0.497 e. The molecule has 0 aliphatic carbocycles. The summed E-state index contributed by atoms with van der Waals surface area (Å²) in [5.41, 5.74) is 2.96. The molecule has 4 aromatic rings. The van der Waals surface area contributed by atoms with Crippen LogP contribution in [0, 0.1) is 0 Å². The molecule has 0 bridgehead atoms. The number of benzene rings is 2. The monoisotopic (exact) mass is 408 g/mol. The van der Waals surface area contributed by atoms with E-state index in [-0.39, 0.29) is 0 Å². The van der Waals surface area contributed by atoms with Crippen LogP contribution >= 0.6 is 23.4 Å². The van der Waals surface area contributed by atoms with Crippen LogP contribution in [0.25, 0.3) is 17.1 Å². The van der Waals surface area contributed by atoms with E-state index < -0.39 is 0 Å². The van der Waals surface area contributed by atoms with Gasteiger partial charge in [0.1, 0.15) is 5.75 Å². The zero-order chi connectivity index (χ0) is 19.3. The summed E-state index contributed by atoms with van der Waals surface area (Å²) >= 11 is 7.90. The summed E-state index contributed by atoms with van der Waals surface area (Å²) < 4.78 is 7.32. The van der Waals surface area contributed by atoms with Gasteiger partial charge in [0.15, 0.2) is 11.0 Å². The second-order valence-corrected chi connectivity index (χ2v) is 7.31. The van der Waals surface area contributed by atoms with Crippen LogP contribution in [-0.4, -0.2) is 26.9 Å². The molecule has 4 rings (SSSR count). The van der Waals surface area contributed by atoms with Crippen molar-refractivity contribution in [2.24, 2.45) is 0 Å². The van der Waals surface area contributed by atoms with Gasteiger partial charge in [-0.2, -0.15) is 0 Å². The van der Waals surface area contributed by atoms with E-state index in [1.807, 2.05) is 65.2 Å². The van der Waals surface area contributed by atoms with Gasteiger partial charge < -0.3 is 4.74 Å². The van der Waals surface area contributed by atoms with Crippen molar-refractivity contribution in [2.75, 3.05) is 7.11 Å². The zero-order valence-corrected chi connectivity index (χ0v) is 16.7. The molecule has 0 spiro atoms. The molecule has 140 valence electrons. The third kappa shape index (κ3) is 3.88. The van der Waals surface area contributed by atoms with Gasteiger partial charge in [-0.05, 0) is 48.0 Å². The summed E-state index contributed by atoms with van der Waals surface area (Å²) in [5, 5.41) is 10.4. The van der Waals surface area contributed by atoms with Crippen LogP contribution in [0.15, 0.2) is 78.2 Å². The Labute approximate surface area is 172 Å². The maximum atomic E-state index is 6.30. The molecule has 28 heavy (non-hydrogen) atoms. The Morgan fingerprint density at radius 2 is 1.71 bits per heavy atom. The standard InChI is InChI=1S/C21H17ClN4OS/c1-27-18-8-6-17(7-9-18)26-20(15-10-12-23-13-11-15)24-25-21(26)28-14-16-4-2-3-5-19(16)22/h2-13H,14H2,1H3. The minimum absolute atomic E-state index is 0.699. The summed E-state index contributed by atoms with van der Waals surface area (Å²) in [6.45, 7) is 0. The first-order chi connectivity index (χ1) is 13.8. The van der Waals surface area contributed by atoms with Crippen molar-refractivity contribution in [1.82, 2.24) is 19.7 Å². The Morgan fingerprint density at radius 1 is 0.964 bits per heavy atom. The average molecular weight is 409 g/mol. The molecule has 2 heterocycles. The van der Waals surface area contributed by atoms with Crippen LogP contribution in [0.1, 0.15) is 5.56 Å². The van der Waals surface area contributed by atoms with E-state index in [2.05, 4.69) is 15.2 Å². The van der Waals surface area contributed by atoms with Gasteiger partial charge in [-0.3, -0.25) is 9.55 Å². The average Bonchev–Trinajstić information content (AvgIpc) is 3.18. The highest BCUT2D eigenvalue weighted by Gasteiger charge is 2.16. The fourth-order valence-corrected chi connectivity index (χ4v) is 4.01. The number of nitrogens with zero attached hydrogens (tertiary/aromatic N) is 4. The van der Waals surface area contributed by atoms with Crippen molar-refractivity contribution in [3.8, 4) is 22.8 Å². The fourth-order valence-electron chi connectivity index (χ4n) is 2.77. The van der Waals surface area contributed by atoms with E-state index in [0.717, 1.165) is 38.6 Å². The van der Waals surface area contributed by atoms with Crippen LogP contribution in [-0.2, 0) is 5.75 Å². The van der Waals surface area contributed by atoms with Crippen molar-refractivity contribution < 1.29 is 4.74 Å². The number of thioether (sulfide) groups is 1. The molecule has 0 amide bonds. The van der Waals surface area contributed by atoms with Crippen molar-refractivity contribution in [2.45, 2.75) is 10.9 Å². The molecule has 0 N–H and O–H groups in total.